The summed E-state index contributed by atoms with van der Waals surface area (Å²) >= 11 is 0. The molecule has 0 saturated heterocycles. The molecule has 0 aliphatic carbocycles. The first kappa shape index (κ1) is 30.7. The Balaban J connectivity index is 0.000000383. The van der Waals surface area contributed by atoms with Gasteiger partial charge in [0.05, 0.1) is 25.7 Å². The molecule has 0 amide bonds. The summed E-state index contributed by atoms with van der Waals surface area (Å²) in [7, 11) is 5.53. The largest absolute Gasteiger partial charge is 0.497 e. The van der Waals surface area contributed by atoms with Crippen LogP contribution in [0.25, 0.3) is 0 Å². The molecule has 0 saturated carbocycles. The minimum Gasteiger partial charge on any atom is -0.497 e. The highest BCUT2D eigenvalue weighted by Gasteiger charge is 2.38. The Labute approximate surface area is 201 Å². The van der Waals surface area contributed by atoms with Gasteiger partial charge in [-0.05, 0) is 17.7 Å². The number of ether oxygens (including phenoxy) is 2. The van der Waals surface area contributed by atoms with Gasteiger partial charge in [-0.3, -0.25) is 4.90 Å². The lowest BCUT2D eigenvalue weighted by molar-refractivity contribution is -0.193. The lowest BCUT2D eigenvalue weighted by Crippen LogP contribution is -2.35. The third-order valence-corrected chi connectivity index (χ3v) is 4.69. The highest BCUT2D eigenvalue weighted by molar-refractivity contribution is 5.73. The fraction of sp³-hybridized carbons (Fsp3) is 0.476. The van der Waals surface area contributed by atoms with Crippen molar-refractivity contribution in [3.8, 4) is 5.75 Å². The van der Waals surface area contributed by atoms with E-state index in [4.69, 9.17) is 29.3 Å². The van der Waals surface area contributed by atoms with Gasteiger partial charge in [0.25, 0.3) is 0 Å². The second-order valence-electron chi connectivity index (χ2n) is 7.47. The summed E-state index contributed by atoms with van der Waals surface area (Å²) in [5.41, 5.74) is 3.73. The number of aryl methyl sites for hydroxylation is 1. The molecule has 3 rings (SSSR count). The van der Waals surface area contributed by atoms with E-state index < -0.39 is 24.3 Å². The molecule has 1 unspecified atom stereocenters. The van der Waals surface area contributed by atoms with Gasteiger partial charge in [-0.1, -0.05) is 12.1 Å². The minimum absolute atomic E-state index is 0.367. The Kier molecular flexibility index (Phi) is 11.2. The Morgan fingerprint density at radius 1 is 1.08 bits per heavy atom. The molecular formula is C21H25F6N3O6. The number of imidazole rings is 1. The Bertz CT molecular complexity index is 985. The number of aromatic nitrogens is 2. The van der Waals surface area contributed by atoms with E-state index in [1.807, 2.05) is 18.5 Å². The molecule has 1 aliphatic rings. The monoisotopic (exact) mass is 529 g/mol. The van der Waals surface area contributed by atoms with Crippen LogP contribution >= 0.6 is 0 Å². The van der Waals surface area contributed by atoms with E-state index in [0.717, 1.165) is 32.0 Å². The number of carbonyl (C=O) groups is 2. The number of hydrogen-bond acceptors (Lipinski definition) is 6. The third-order valence-electron chi connectivity index (χ3n) is 4.69. The zero-order chi connectivity index (χ0) is 27.7. The summed E-state index contributed by atoms with van der Waals surface area (Å²) in [5, 5.41) is 14.2. The quantitative estimate of drug-likeness (QED) is 0.567. The molecule has 1 aliphatic heterocycles. The van der Waals surface area contributed by atoms with Crippen LogP contribution in [0.15, 0.2) is 30.6 Å². The molecular weight excluding hydrogens is 504 g/mol. The maximum atomic E-state index is 10.6. The molecule has 1 aromatic heterocycles. The van der Waals surface area contributed by atoms with Gasteiger partial charge in [-0.25, -0.2) is 14.6 Å². The standard InChI is InChI=1S/C17H23N3O2.2C2HF3O2/c1-19-12-18-16-10-20(9-14(11-21-2)17(16)19)8-13-5-4-6-15(7-13)22-3;2*3-2(4,5)1(6)7/h4-7,12,14H,8-11H2,1-3H3;2*(H,6,7). The fourth-order valence-electron chi connectivity index (χ4n) is 3.29. The van der Waals surface area contributed by atoms with E-state index in [0.29, 0.717) is 5.92 Å². The molecule has 1 atom stereocenters. The predicted molar refractivity (Wildman–Crippen MR) is 112 cm³/mol. The topological polar surface area (TPSA) is 114 Å². The van der Waals surface area contributed by atoms with Crippen molar-refractivity contribution in [2.45, 2.75) is 31.4 Å². The van der Waals surface area contributed by atoms with E-state index in [2.05, 4.69) is 33.6 Å². The molecule has 1 aromatic carbocycles. The van der Waals surface area contributed by atoms with Crippen molar-refractivity contribution < 1.29 is 55.6 Å². The van der Waals surface area contributed by atoms with Crippen molar-refractivity contribution in [1.82, 2.24) is 14.5 Å². The number of carboxylic acid groups (broad SMARTS) is 2. The zero-order valence-corrected chi connectivity index (χ0v) is 19.4. The number of rotatable bonds is 5. The summed E-state index contributed by atoms with van der Waals surface area (Å²) in [6.07, 6.45) is -8.26. The van der Waals surface area contributed by atoms with Gasteiger partial charge < -0.3 is 24.3 Å². The van der Waals surface area contributed by atoms with E-state index in [1.54, 1.807) is 14.2 Å². The maximum Gasteiger partial charge on any atom is 0.490 e. The van der Waals surface area contributed by atoms with Crippen LogP contribution in [0.5, 0.6) is 5.75 Å². The number of hydrogen-bond donors (Lipinski definition) is 2. The Morgan fingerprint density at radius 3 is 2.11 bits per heavy atom. The molecule has 0 radical (unpaired) electrons. The molecule has 0 spiro atoms. The number of nitrogens with zero attached hydrogens (tertiary/aromatic N) is 3. The summed E-state index contributed by atoms with van der Waals surface area (Å²) in [5.74, 6) is -4.24. The van der Waals surface area contributed by atoms with Crippen molar-refractivity contribution in [2.24, 2.45) is 7.05 Å². The molecule has 2 N–H and O–H groups in total. The lowest BCUT2D eigenvalue weighted by Gasteiger charge is -2.32. The van der Waals surface area contributed by atoms with Crippen molar-refractivity contribution in [2.75, 3.05) is 27.4 Å². The molecule has 0 fully saturated rings. The first-order valence-electron chi connectivity index (χ1n) is 10.0. The fourth-order valence-corrected chi connectivity index (χ4v) is 3.29. The van der Waals surface area contributed by atoms with Crippen LogP contribution in [-0.4, -0.2) is 76.3 Å². The third kappa shape index (κ3) is 9.73. The number of fused-ring (bicyclic) bond motifs is 1. The average molecular weight is 529 g/mol. The highest BCUT2D eigenvalue weighted by Crippen LogP contribution is 2.29. The number of carboxylic acids is 2. The molecule has 36 heavy (non-hydrogen) atoms. The number of aliphatic carboxylic acids is 2. The van der Waals surface area contributed by atoms with Gasteiger partial charge in [0.15, 0.2) is 0 Å². The molecule has 2 aromatic rings. The predicted octanol–water partition coefficient (Wildman–Crippen LogP) is 3.44. The van der Waals surface area contributed by atoms with Gasteiger partial charge in [0.1, 0.15) is 5.75 Å². The highest BCUT2D eigenvalue weighted by atomic mass is 19.4. The van der Waals surface area contributed by atoms with E-state index in [9.17, 15) is 26.3 Å². The SMILES string of the molecule is COCC1CN(Cc2cccc(OC)c2)Cc2ncn(C)c21.O=C(O)C(F)(F)F.O=C(O)C(F)(F)F. The Hall–Kier alpha value is -3.33. The van der Waals surface area contributed by atoms with Crippen LogP contribution in [-0.2, 0) is 34.5 Å². The van der Waals surface area contributed by atoms with Gasteiger partial charge in [0.2, 0.25) is 0 Å². The second kappa shape index (κ2) is 13.1. The van der Waals surface area contributed by atoms with Gasteiger partial charge >= 0.3 is 24.3 Å². The van der Waals surface area contributed by atoms with E-state index in [1.165, 1.54) is 17.0 Å². The normalized spacial score (nSPS) is 15.5. The summed E-state index contributed by atoms with van der Waals surface area (Å²) in [6, 6.07) is 8.25. The van der Waals surface area contributed by atoms with Crippen LogP contribution in [0.2, 0.25) is 0 Å². The van der Waals surface area contributed by atoms with Crippen LogP contribution in [0, 0.1) is 0 Å². The van der Waals surface area contributed by atoms with Crippen LogP contribution < -0.4 is 4.74 Å². The lowest BCUT2D eigenvalue weighted by atomic mass is 9.98. The molecule has 15 heteroatoms. The smallest absolute Gasteiger partial charge is 0.490 e. The zero-order valence-electron chi connectivity index (χ0n) is 19.4. The average Bonchev–Trinajstić information content (AvgIpc) is 3.14. The van der Waals surface area contributed by atoms with Gasteiger partial charge in [-0.15, -0.1) is 0 Å². The summed E-state index contributed by atoms with van der Waals surface area (Å²) in [4.78, 5) is 24.8. The van der Waals surface area contributed by atoms with Crippen LogP contribution in [0.1, 0.15) is 22.9 Å². The summed E-state index contributed by atoms with van der Waals surface area (Å²) < 4.78 is 76.3. The van der Waals surface area contributed by atoms with Crippen molar-refractivity contribution in [3.63, 3.8) is 0 Å². The van der Waals surface area contributed by atoms with E-state index in [-0.39, 0.29) is 0 Å². The van der Waals surface area contributed by atoms with Crippen molar-refractivity contribution >= 4 is 11.9 Å². The van der Waals surface area contributed by atoms with Gasteiger partial charge in [-0.2, -0.15) is 26.3 Å². The van der Waals surface area contributed by atoms with E-state index >= 15 is 0 Å². The first-order chi connectivity index (χ1) is 16.6. The Morgan fingerprint density at radius 2 is 1.64 bits per heavy atom. The molecule has 202 valence electrons. The first-order valence-corrected chi connectivity index (χ1v) is 10.0. The number of methoxy groups -OCH3 is 2. The van der Waals surface area contributed by atoms with Crippen LogP contribution in [0.4, 0.5) is 26.3 Å². The summed E-state index contributed by atoms with van der Waals surface area (Å²) in [6.45, 7) is 3.49. The van der Waals surface area contributed by atoms with Crippen molar-refractivity contribution in [3.05, 3.63) is 47.5 Å². The number of alkyl halides is 6. The number of halogens is 6. The molecule has 9 nitrogen and oxygen atoms in total. The van der Waals surface area contributed by atoms with Gasteiger partial charge in [0, 0.05) is 45.4 Å². The number of benzene rings is 1. The minimum atomic E-state index is -5.08. The maximum absolute atomic E-state index is 10.6. The van der Waals surface area contributed by atoms with Crippen molar-refractivity contribution in [1.29, 1.82) is 0 Å². The molecule has 2 heterocycles. The second-order valence-corrected chi connectivity index (χ2v) is 7.47. The van der Waals surface area contributed by atoms with Crippen LogP contribution in [0.3, 0.4) is 0 Å². The molecule has 0 bridgehead atoms.